The maximum atomic E-state index is 13.1. The molecule has 0 saturated heterocycles. The molecule has 0 radical (unpaired) electrons. The average Bonchev–Trinajstić information content (AvgIpc) is 2.35. The van der Waals surface area contributed by atoms with Gasteiger partial charge in [0, 0.05) is 18.1 Å². The van der Waals surface area contributed by atoms with Crippen LogP contribution in [0.4, 0.5) is 4.39 Å². The molecule has 1 unspecified atom stereocenters. The highest BCUT2D eigenvalue weighted by molar-refractivity contribution is 9.10. The van der Waals surface area contributed by atoms with Crippen LogP contribution in [0.1, 0.15) is 19.4 Å². The van der Waals surface area contributed by atoms with Crippen LogP contribution in [0.5, 0.6) is 0 Å². The molecule has 0 heterocycles. The minimum Gasteiger partial charge on any atom is -0.383 e. The Morgan fingerprint density at radius 2 is 2.11 bits per heavy atom. The molecular formula is C15H23BrFNO. The summed E-state index contributed by atoms with van der Waals surface area (Å²) >= 11 is 3.44. The summed E-state index contributed by atoms with van der Waals surface area (Å²) in [5, 5.41) is 3.40. The van der Waals surface area contributed by atoms with Crippen LogP contribution in [0.15, 0.2) is 22.7 Å². The highest BCUT2D eigenvalue weighted by Gasteiger charge is 2.15. The van der Waals surface area contributed by atoms with E-state index in [2.05, 4.69) is 35.1 Å². The third-order valence-corrected chi connectivity index (χ3v) is 4.07. The summed E-state index contributed by atoms with van der Waals surface area (Å²) < 4.78 is 19.0. The molecule has 1 N–H and O–H groups in total. The van der Waals surface area contributed by atoms with E-state index in [1.807, 2.05) is 6.07 Å². The summed E-state index contributed by atoms with van der Waals surface area (Å²) in [5.41, 5.74) is 1.16. The Hall–Kier alpha value is -0.450. The Kier molecular flexibility index (Phi) is 7.57. The number of nitrogens with one attached hydrogen (secondary N) is 1. The molecule has 1 atom stereocenters. The average molecular weight is 332 g/mol. The van der Waals surface area contributed by atoms with Crippen LogP contribution in [0.25, 0.3) is 0 Å². The number of hydrogen-bond donors (Lipinski definition) is 1. The Balaban J connectivity index is 2.57. The molecule has 1 rings (SSSR count). The molecule has 4 heteroatoms. The van der Waals surface area contributed by atoms with E-state index in [1.165, 1.54) is 12.1 Å². The van der Waals surface area contributed by atoms with E-state index in [1.54, 1.807) is 7.11 Å². The number of hydrogen-bond acceptors (Lipinski definition) is 2. The van der Waals surface area contributed by atoms with Gasteiger partial charge < -0.3 is 10.1 Å². The van der Waals surface area contributed by atoms with Crippen LogP contribution in [0.2, 0.25) is 0 Å². The van der Waals surface area contributed by atoms with Crippen LogP contribution in [-0.2, 0) is 11.2 Å². The molecule has 0 aliphatic carbocycles. The van der Waals surface area contributed by atoms with E-state index in [0.29, 0.717) is 11.8 Å². The molecule has 1 aromatic carbocycles. The second kappa shape index (κ2) is 8.67. The van der Waals surface area contributed by atoms with Gasteiger partial charge in [-0.2, -0.15) is 0 Å². The number of halogens is 2. The first-order valence-electron chi connectivity index (χ1n) is 6.68. The van der Waals surface area contributed by atoms with Crippen molar-refractivity contribution in [2.24, 2.45) is 11.8 Å². The monoisotopic (exact) mass is 331 g/mol. The van der Waals surface area contributed by atoms with Gasteiger partial charge in [-0.05, 0) is 42.5 Å². The minimum absolute atomic E-state index is 0.199. The molecule has 2 nitrogen and oxygen atoms in total. The van der Waals surface area contributed by atoms with E-state index in [9.17, 15) is 4.39 Å². The number of rotatable bonds is 8. The SMILES string of the molecule is COCCNCC(Cc1ccc(F)cc1Br)C(C)C. The van der Waals surface area contributed by atoms with Gasteiger partial charge in [0.2, 0.25) is 0 Å². The van der Waals surface area contributed by atoms with Crippen molar-refractivity contribution in [3.05, 3.63) is 34.1 Å². The Labute approximate surface area is 123 Å². The molecule has 0 aliphatic rings. The van der Waals surface area contributed by atoms with Crippen LogP contribution >= 0.6 is 15.9 Å². The molecule has 0 saturated carbocycles. The fourth-order valence-electron chi connectivity index (χ4n) is 1.97. The largest absolute Gasteiger partial charge is 0.383 e. The summed E-state index contributed by atoms with van der Waals surface area (Å²) in [6.45, 7) is 6.99. The highest BCUT2D eigenvalue weighted by Crippen LogP contribution is 2.24. The van der Waals surface area contributed by atoms with E-state index < -0.39 is 0 Å². The van der Waals surface area contributed by atoms with Crippen LogP contribution in [0, 0.1) is 17.7 Å². The summed E-state index contributed by atoms with van der Waals surface area (Å²) in [6, 6.07) is 4.92. The Morgan fingerprint density at radius 3 is 2.68 bits per heavy atom. The van der Waals surface area contributed by atoms with E-state index in [-0.39, 0.29) is 5.82 Å². The minimum atomic E-state index is -0.199. The van der Waals surface area contributed by atoms with Crippen LogP contribution in [0.3, 0.4) is 0 Å². The first kappa shape index (κ1) is 16.6. The van der Waals surface area contributed by atoms with Crippen LogP contribution in [-0.4, -0.2) is 26.8 Å². The molecule has 0 spiro atoms. The van der Waals surface area contributed by atoms with Crippen molar-refractivity contribution in [1.29, 1.82) is 0 Å². The van der Waals surface area contributed by atoms with Crippen molar-refractivity contribution in [2.75, 3.05) is 26.8 Å². The molecular weight excluding hydrogens is 309 g/mol. The van der Waals surface area contributed by atoms with Gasteiger partial charge >= 0.3 is 0 Å². The molecule has 0 aliphatic heterocycles. The normalized spacial score (nSPS) is 12.9. The summed E-state index contributed by atoms with van der Waals surface area (Å²) in [4.78, 5) is 0. The lowest BCUT2D eigenvalue weighted by atomic mass is 9.89. The van der Waals surface area contributed by atoms with Gasteiger partial charge in [-0.1, -0.05) is 35.8 Å². The predicted molar refractivity (Wildman–Crippen MR) is 80.9 cm³/mol. The third kappa shape index (κ3) is 6.02. The van der Waals surface area contributed by atoms with Crippen molar-refractivity contribution in [3.8, 4) is 0 Å². The molecule has 0 fully saturated rings. The van der Waals surface area contributed by atoms with E-state index in [4.69, 9.17) is 4.74 Å². The van der Waals surface area contributed by atoms with Gasteiger partial charge in [0.05, 0.1) is 6.61 Å². The third-order valence-electron chi connectivity index (χ3n) is 3.33. The maximum absolute atomic E-state index is 13.1. The molecule has 1 aromatic rings. The molecule has 108 valence electrons. The first-order chi connectivity index (χ1) is 9.04. The summed E-state index contributed by atoms with van der Waals surface area (Å²) in [5.74, 6) is 0.903. The second-order valence-electron chi connectivity index (χ2n) is 5.14. The Morgan fingerprint density at radius 1 is 1.37 bits per heavy atom. The molecule has 0 aromatic heterocycles. The zero-order valence-corrected chi connectivity index (χ0v) is 13.5. The van der Waals surface area contributed by atoms with Gasteiger partial charge in [-0.15, -0.1) is 0 Å². The fraction of sp³-hybridized carbons (Fsp3) is 0.600. The highest BCUT2D eigenvalue weighted by atomic mass is 79.9. The van der Waals surface area contributed by atoms with Crippen molar-refractivity contribution in [1.82, 2.24) is 5.32 Å². The molecule has 19 heavy (non-hydrogen) atoms. The van der Waals surface area contributed by atoms with Gasteiger partial charge in [-0.25, -0.2) is 4.39 Å². The topological polar surface area (TPSA) is 21.3 Å². The van der Waals surface area contributed by atoms with Crippen molar-refractivity contribution in [3.63, 3.8) is 0 Å². The van der Waals surface area contributed by atoms with Crippen molar-refractivity contribution in [2.45, 2.75) is 20.3 Å². The maximum Gasteiger partial charge on any atom is 0.124 e. The number of benzene rings is 1. The first-order valence-corrected chi connectivity index (χ1v) is 7.47. The molecule has 0 amide bonds. The van der Waals surface area contributed by atoms with Crippen LogP contribution < -0.4 is 5.32 Å². The number of methoxy groups -OCH3 is 1. The zero-order valence-electron chi connectivity index (χ0n) is 11.9. The van der Waals surface area contributed by atoms with E-state index in [0.717, 1.165) is 36.2 Å². The Bertz CT molecular complexity index is 384. The van der Waals surface area contributed by atoms with Gasteiger partial charge in [0.25, 0.3) is 0 Å². The number of ether oxygens (including phenoxy) is 1. The van der Waals surface area contributed by atoms with Gasteiger partial charge in [0.15, 0.2) is 0 Å². The standard InChI is InChI=1S/C15H23BrFNO/c1-11(2)13(10-18-6-7-19-3)8-12-4-5-14(17)9-15(12)16/h4-5,9,11,13,18H,6-8,10H2,1-3H3. The van der Waals surface area contributed by atoms with Crippen molar-refractivity contribution >= 4 is 15.9 Å². The fourth-order valence-corrected chi connectivity index (χ4v) is 2.49. The zero-order chi connectivity index (χ0) is 14.3. The second-order valence-corrected chi connectivity index (χ2v) is 6.00. The molecule has 0 bridgehead atoms. The lowest BCUT2D eigenvalue weighted by Crippen LogP contribution is -2.30. The predicted octanol–water partition coefficient (Wildman–Crippen LogP) is 3.64. The van der Waals surface area contributed by atoms with Gasteiger partial charge in [0.1, 0.15) is 5.82 Å². The van der Waals surface area contributed by atoms with Crippen molar-refractivity contribution < 1.29 is 9.13 Å². The summed E-state index contributed by atoms with van der Waals surface area (Å²) in [6.07, 6.45) is 0.943. The smallest absolute Gasteiger partial charge is 0.124 e. The van der Waals surface area contributed by atoms with Gasteiger partial charge in [-0.3, -0.25) is 0 Å². The lowest BCUT2D eigenvalue weighted by molar-refractivity contribution is 0.196. The summed E-state index contributed by atoms with van der Waals surface area (Å²) in [7, 11) is 1.71. The lowest BCUT2D eigenvalue weighted by Gasteiger charge is -2.22. The quantitative estimate of drug-likeness (QED) is 0.734. The van der Waals surface area contributed by atoms with E-state index >= 15 is 0 Å².